The topological polar surface area (TPSA) is 79.2 Å². The average molecular weight is 274 g/mol. The van der Waals surface area contributed by atoms with Crippen LogP contribution in [-0.2, 0) is 14.3 Å². The highest BCUT2D eigenvalue weighted by Crippen LogP contribution is 2.22. The number of nitrogens with one attached hydrogen (secondary N) is 1. The Balaban J connectivity index is 3.02. The molecule has 0 aliphatic carbocycles. The van der Waals surface area contributed by atoms with Crippen molar-refractivity contribution in [3.63, 3.8) is 0 Å². The number of amides is 1. The standard InChI is InChI=1S/C15H18N2O3/c1-4-15(2,10-16)14(19)17-12(13(18)20-3)11-8-6-5-7-9-11/h5-9,12H,4H2,1-3H3,(H,17,19). The number of hydrogen-bond acceptors (Lipinski definition) is 4. The first-order chi connectivity index (χ1) is 9.48. The van der Waals surface area contributed by atoms with Crippen LogP contribution in [0.3, 0.4) is 0 Å². The Morgan fingerprint density at radius 3 is 2.45 bits per heavy atom. The third-order valence-electron chi connectivity index (χ3n) is 3.30. The van der Waals surface area contributed by atoms with E-state index in [4.69, 9.17) is 10.00 Å². The van der Waals surface area contributed by atoms with Gasteiger partial charge in [-0.2, -0.15) is 5.26 Å². The number of ether oxygens (including phenoxy) is 1. The van der Waals surface area contributed by atoms with Crippen molar-refractivity contribution in [3.8, 4) is 6.07 Å². The van der Waals surface area contributed by atoms with Gasteiger partial charge in [-0.25, -0.2) is 4.79 Å². The summed E-state index contributed by atoms with van der Waals surface area (Å²) >= 11 is 0. The summed E-state index contributed by atoms with van der Waals surface area (Å²) in [5, 5.41) is 11.7. The monoisotopic (exact) mass is 274 g/mol. The lowest BCUT2D eigenvalue weighted by Crippen LogP contribution is -2.42. The van der Waals surface area contributed by atoms with Crippen molar-refractivity contribution in [3.05, 3.63) is 35.9 Å². The summed E-state index contributed by atoms with van der Waals surface area (Å²) in [6, 6.07) is 9.85. The molecule has 1 amide bonds. The lowest BCUT2D eigenvalue weighted by molar-refractivity contribution is -0.146. The lowest BCUT2D eigenvalue weighted by atomic mass is 9.88. The molecule has 1 aromatic rings. The van der Waals surface area contributed by atoms with E-state index >= 15 is 0 Å². The molecule has 2 unspecified atom stereocenters. The van der Waals surface area contributed by atoms with Crippen LogP contribution >= 0.6 is 0 Å². The number of hydrogen-bond donors (Lipinski definition) is 1. The quantitative estimate of drug-likeness (QED) is 0.832. The molecule has 20 heavy (non-hydrogen) atoms. The van der Waals surface area contributed by atoms with Crippen LogP contribution in [0.2, 0.25) is 0 Å². The van der Waals surface area contributed by atoms with Gasteiger partial charge in [-0.05, 0) is 18.9 Å². The Labute approximate surface area is 118 Å². The molecule has 0 radical (unpaired) electrons. The fraction of sp³-hybridized carbons (Fsp3) is 0.400. The lowest BCUT2D eigenvalue weighted by Gasteiger charge is -2.23. The molecule has 1 rings (SSSR count). The van der Waals surface area contributed by atoms with Gasteiger partial charge in [0.1, 0.15) is 5.41 Å². The summed E-state index contributed by atoms with van der Waals surface area (Å²) in [5.41, 5.74) is -0.551. The molecular weight excluding hydrogens is 256 g/mol. The van der Waals surface area contributed by atoms with Crippen molar-refractivity contribution < 1.29 is 14.3 Å². The number of rotatable bonds is 5. The fourth-order valence-electron chi connectivity index (χ4n) is 1.62. The molecule has 0 fully saturated rings. The Bertz CT molecular complexity index is 522. The van der Waals surface area contributed by atoms with Crippen LogP contribution < -0.4 is 5.32 Å². The zero-order valence-electron chi connectivity index (χ0n) is 11.8. The van der Waals surface area contributed by atoms with Gasteiger partial charge in [-0.1, -0.05) is 37.3 Å². The molecule has 0 aromatic heterocycles. The Morgan fingerprint density at radius 1 is 1.40 bits per heavy atom. The molecule has 0 bridgehead atoms. The van der Waals surface area contributed by atoms with E-state index in [1.54, 1.807) is 38.1 Å². The summed E-state index contributed by atoms with van der Waals surface area (Å²) in [5.74, 6) is -1.05. The van der Waals surface area contributed by atoms with E-state index in [1.165, 1.54) is 7.11 Å². The summed E-state index contributed by atoms with van der Waals surface area (Å²) < 4.78 is 4.71. The van der Waals surface area contributed by atoms with Crippen LogP contribution in [0.1, 0.15) is 31.9 Å². The molecule has 5 heteroatoms. The van der Waals surface area contributed by atoms with Crippen LogP contribution in [0.15, 0.2) is 30.3 Å². The SMILES string of the molecule is CCC(C)(C#N)C(=O)NC(C(=O)OC)c1ccccc1. The van der Waals surface area contributed by atoms with Crippen LogP contribution in [0.25, 0.3) is 0 Å². The number of nitriles is 1. The predicted molar refractivity (Wildman–Crippen MR) is 73.4 cm³/mol. The van der Waals surface area contributed by atoms with Crippen molar-refractivity contribution >= 4 is 11.9 Å². The first-order valence-electron chi connectivity index (χ1n) is 6.33. The zero-order chi connectivity index (χ0) is 15.2. The third kappa shape index (κ3) is 3.35. The normalized spacial score (nSPS) is 14.5. The summed E-state index contributed by atoms with van der Waals surface area (Å²) in [7, 11) is 1.26. The van der Waals surface area contributed by atoms with E-state index < -0.39 is 23.3 Å². The van der Waals surface area contributed by atoms with Gasteiger partial charge in [0.05, 0.1) is 13.2 Å². The molecule has 0 saturated carbocycles. The van der Waals surface area contributed by atoms with E-state index in [1.807, 2.05) is 12.1 Å². The average Bonchev–Trinajstić information content (AvgIpc) is 2.51. The molecular formula is C15H18N2O3. The van der Waals surface area contributed by atoms with Crippen LogP contribution in [0.5, 0.6) is 0 Å². The maximum atomic E-state index is 12.2. The molecule has 2 atom stereocenters. The maximum absolute atomic E-state index is 12.2. The van der Waals surface area contributed by atoms with E-state index in [0.717, 1.165) is 0 Å². The highest BCUT2D eigenvalue weighted by atomic mass is 16.5. The van der Waals surface area contributed by atoms with Crippen molar-refractivity contribution in [2.45, 2.75) is 26.3 Å². The van der Waals surface area contributed by atoms with Gasteiger partial charge in [0.25, 0.3) is 0 Å². The summed E-state index contributed by atoms with van der Waals surface area (Å²) in [4.78, 5) is 24.0. The minimum Gasteiger partial charge on any atom is -0.467 e. The molecule has 0 spiro atoms. The van der Waals surface area contributed by atoms with Crippen LogP contribution in [0, 0.1) is 16.7 Å². The molecule has 0 saturated heterocycles. The second-order valence-corrected chi connectivity index (χ2v) is 4.64. The number of nitrogens with zero attached hydrogens (tertiary/aromatic N) is 1. The molecule has 1 aromatic carbocycles. The number of carbonyl (C=O) groups excluding carboxylic acids is 2. The fourth-order valence-corrected chi connectivity index (χ4v) is 1.62. The van der Waals surface area contributed by atoms with Crippen LogP contribution in [-0.4, -0.2) is 19.0 Å². The number of esters is 1. The Kier molecular flexibility index (Phi) is 5.27. The number of carbonyl (C=O) groups is 2. The largest absolute Gasteiger partial charge is 0.467 e. The van der Waals surface area contributed by atoms with Gasteiger partial charge in [-0.3, -0.25) is 4.79 Å². The van der Waals surface area contributed by atoms with Crippen molar-refractivity contribution in [2.75, 3.05) is 7.11 Å². The molecule has 1 N–H and O–H groups in total. The number of benzene rings is 1. The van der Waals surface area contributed by atoms with Crippen molar-refractivity contribution in [1.82, 2.24) is 5.32 Å². The highest BCUT2D eigenvalue weighted by Gasteiger charge is 2.35. The van der Waals surface area contributed by atoms with E-state index in [2.05, 4.69) is 5.32 Å². The molecule has 0 aliphatic rings. The molecule has 5 nitrogen and oxygen atoms in total. The summed E-state index contributed by atoms with van der Waals surface area (Å²) in [6.07, 6.45) is 0.359. The molecule has 0 aliphatic heterocycles. The third-order valence-corrected chi connectivity index (χ3v) is 3.30. The van der Waals surface area contributed by atoms with Crippen molar-refractivity contribution in [1.29, 1.82) is 5.26 Å². The molecule has 106 valence electrons. The van der Waals surface area contributed by atoms with Gasteiger partial charge in [-0.15, -0.1) is 0 Å². The second-order valence-electron chi connectivity index (χ2n) is 4.64. The predicted octanol–water partition coefficient (Wildman–Crippen LogP) is 1.96. The van der Waals surface area contributed by atoms with E-state index in [0.29, 0.717) is 12.0 Å². The van der Waals surface area contributed by atoms with E-state index in [9.17, 15) is 9.59 Å². The van der Waals surface area contributed by atoms with E-state index in [-0.39, 0.29) is 0 Å². The minimum absolute atomic E-state index is 0.359. The smallest absolute Gasteiger partial charge is 0.333 e. The summed E-state index contributed by atoms with van der Waals surface area (Å²) in [6.45, 7) is 3.29. The Hall–Kier alpha value is -2.35. The van der Waals surface area contributed by atoms with Gasteiger partial charge in [0.2, 0.25) is 5.91 Å². The van der Waals surface area contributed by atoms with Gasteiger partial charge < -0.3 is 10.1 Å². The van der Waals surface area contributed by atoms with Gasteiger partial charge in [0, 0.05) is 0 Å². The van der Waals surface area contributed by atoms with Gasteiger partial charge >= 0.3 is 5.97 Å². The zero-order valence-corrected chi connectivity index (χ0v) is 11.8. The number of methoxy groups -OCH3 is 1. The first kappa shape index (κ1) is 15.7. The maximum Gasteiger partial charge on any atom is 0.333 e. The van der Waals surface area contributed by atoms with Crippen molar-refractivity contribution in [2.24, 2.45) is 5.41 Å². The van der Waals surface area contributed by atoms with Crippen LogP contribution in [0.4, 0.5) is 0 Å². The first-order valence-corrected chi connectivity index (χ1v) is 6.33. The second kappa shape index (κ2) is 6.71. The van der Waals surface area contributed by atoms with Gasteiger partial charge in [0.15, 0.2) is 6.04 Å². The highest BCUT2D eigenvalue weighted by molar-refractivity contribution is 5.90. The Morgan fingerprint density at radius 2 is 2.00 bits per heavy atom. The molecule has 0 heterocycles. The minimum atomic E-state index is -1.17.